The van der Waals surface area contributed by atoms with Crippen molar-refractivity contribution in [2.75, 3.05) is 19.6 Å². The molecule has 0 spiro atoms. The summed E-state index contributed by atoms with van der Waals surface area (Å²) < 4.78 is 0. The molecular formula is C11H17N3O3S. The van der Waals surface area contributed by atoms with Crippen molar-refractivity contribution in [2.24, 2.45) is 0 Å². The van der Waals surface area contributed by atoms with Crippen molar-refractivity contribution in [3.8, 4) is 0 Å². The molecule has 2 N–H and O–H groups in total. The monoisotopic (exact) mass is 271 g/mol. The van der Waals surface area contributed by atoms with E-state index in [1.807, 2.05) is 0 Å². The van der Waals surface area contributed by atoms with Crippen LogP contribution >= 0.6 is 11.3 Å². The van der Waals surface area contributed by atoms with E-state index < -0.39 is 4.92 Å². The average Bonchev–Trinajstić information content (AvgIpc) is 2.71. The topological polar surface area (TPSA) is 84.3 Å². The van der Waals surface area contributed by atoms with Gasteiger partial charge in [0, 0.05) is 19.2 Å². The Kier molecular flexibility index (Phi) is 5.73. The molecule has 0 fully saturated rings. The molecule has 0 aliphatic rings. The van der Waals surface area contributed by atoms with Crippen LogP contribution in [0.1, 0.15) is 27.9 Å². The zero-order chi connectivity index (χ0) is 13.5. The third kappa shape index (κ3) is 4.08. The first-order valence-electron chi connectivity index (χ1n) is 5.80. The standard InChI is InChI=1S/C11H17N3O3S/c1-3-4-12-5-6-13-11(15)10-7-9(14(16)17)8(2)18-10/h7,12H,3-6H2,1-2H3,(H,13,15). The van der Waals surface area contributed by atoms with Gasteiger partial charge >= 0.3 is 0 Å². The Morgan fingerprint density at radius 3 is 2.72 bits per heavy atom. The summed E-state index contributed by atoms with van der Waals surface area (Å²) >= 11 is 1.14. The Labute approximate surface area is 110 Å². The molecular weight excluding hydrogens is 254 g/mol. The molecule has 0 radical (unpaired) electrons. The van der Waals surface area contributed by atoms with Gasteiger partial charge in [0.2, 0.25) is 0 Å². The van der Waals surface area contributed by atoms with E-state index in [0.29, 0.717) is 22.8 Å². The number of carbonyl (C=O) groups excluding carboxylic acids is 1. The van der Waals surface area contributed by atoms with Crippen molar-refractivity contribution in [3.05, 3.63) is 25.9 Å². The summed E-state index contributed by atoms with van der Waals surface area (Å²) in [5.41, 5.74) is 0.00857. The molecule has 1 heterocycles. The zero-order valence-electron chi connectivity index (χ0n) is 10.5. The molecule has 0 bridgehead atoms. The number of aryl methyl sites for hydroxylation is 1. The smallest absolute Gasteiger partial charge is 0.283 e. The molecule has 1 amide bonds. The minimum Gasteiger partial charge on any atom is -0.350 e. The largest absolute Gasteiger partial charge is 0.350 e. The molecule has 1 rings (SSSR count). The molecule has 0 saturated carbocycles. The Morgan fingerprint density at radius 1 is 1.44 bits per heavy atom. The van der Waals surface area contributed by atoms with Gasteiger partial charge < -0.3 is 10.6 Å². The molecule has 100 valence electrons. The van der Waals surface area contributed by atoms with E-state index in [2.05, 4.69) is 17.6 Å². The third-order valence-corrected chi connectivity index (χ3v) is 3.36. The fourth-order valence-electron chi connectivity index (χ4n) is 1.42. The lowest BCUT2D eigenvalue weighted by molar-refractivity contribution is -0.385. The van der Waals surface area contributed by atoms with Gasteiger partial charge in [-0.05, 0) is 19.9 Å². The van der Waals surface area contributed by atoms with Crippen molar-refractivity contribution < 1.29 is 9.72 Å². The van der Waals surface area contributed by atoms with Crippen LogP contribution in [-0.2, 0) is 0 Å². The number of hydrogen-bond donors (Lipinski definition) is 2. The highest BCUT2D eigenvalue weighted by Crippen LogP contribution is 2.27. The molecule has 0 aliphatic carbocycles. The van der Waals surface area contributed by atoms with Gasteiger partial charge in [0.15, 0.2) is 0 Å². The minimum absolute atomic E-state index is 0.00857. The lowest BCUT2D eigenvalue weighted by Gasteiger charge is -2.04. The maximum atomic E-state index is 11.7. The molecule has 0 unspecified atom stereocenters. The molecule has 0 aromatic carbocycles. The quantitative estimate of drug-likeness (QED) is 0.449. The lowest BCUT2D eigenvalue weighted by Crippen LogP contribution is -2.31. The number of nitrogens with zero attached hydrogens (tertiary/aromatic N) is 1. The molecule has 6 nitrogen and oxygen atoms in total. The first kappa shape index (κ1) is 14.6. The first-order valence-corrected chi connectivity index (χ1v) is 6.61. The van der Waals surface area contributed by atoms with E-state index in [1.165, 1.54) is 6.07 Å². The molecule has 0 saturated heterocycles. The van der Waals surface area contributed by atoms with Crippen molar-refractivity contribution in [1.29, 1.82) is 0 Å². The summed E-state index contributed by atoms with van der Waals surface area (Å²) in [5, 5.41) is 16.5. The Balaban J connectivity index is 2.47. The number of carbonyl (C=O) groups is 1. The van der Waals surface area contributed by atoms with E-state index in [-0.39, 0.29) is 11.6 Å². The van der Waals surface area contributed by atoms with Gasteiger partial charge in [0.05, 0.1) is 14.7 Å². The summed E-state index contributed by atoms with van der Waals surface area (Å²) in [6, 6.07) is 1.33. The highest BCUT2D eigenvalue weighted by Gasteiger charge is 2.18. The van der Waals surface area contributed by atoms with Crippen LogP contribution in [0.3, 0.4) is 0 Å². The van der Waals surface area contributed by atoms with Gasteiger partial charge in [-0.3, -0.25) is 14.9 Å². The van der Waals surface area contributed by atoms with Crippen molar-refractivity contribution >= 4 is 22.9 Å². The van der Waals surface area contributed by atoms with E-state index in [0.717, 1.165) is 24.3 Å². The van der Waals surface area contributed by atoms with Gasteiger partial charge in [-0.1, -0.05) is 6.92 Å². The van der Waals surface area contributed by atoms with Crippen LogP contribution in [0.25, 0.3) is 0 Å². The number of amides is 1. The predicted molar refractivity (Wildman–Crippen MR) is 71.2 cm³/mol. The van der Waals surface area contributed by atoms with E-state index in [1.54, 1.807) is 6.92 Å². The average molecular weight is 271 g/mol. The Morgan fingerprint density at radius 2 is 2.17 bits per heavy atom. The maximum Gasteiger partial charge on any atom is 0.283 e. The summed E-state index contributed by atoms with van der Waals surface area (Å²) in [5.74, 6) is -0.255. The highest BCUT2D eigenvalue weighted by atomic mass is 32.1. The van der Waals surface area contributed by atoms with Crippen LogP contribution in [0, 0.1) is 17.0 Å². The zero-order valence-corrected chi connectivity index (χ0v) is 11.3. The number of thiophene rings is 1. The number of rotatable bonds is 7. The SMILES string of the molecule is CCCNCCNC(=O)c1cc([N+](=O)[O-])c(C)s1. The van der Waals surface area contributed by atoms with Crippen LogP contribution in [0.2, 0.25) is 0 Å². The Bertz CT molecular complexity index is 431. The number of hydrogen-bond acceptors (Lipinski definition) is 5. The van der Waals surface area contributed by atoms with Gasteiger partial charge in [-0.25, -0.2) is 0 Å². The lowest BCUT2D eigenvalue weighted by atomic mass is 10.3. The van der Waals surface area contributed by atoms with E-state index in [4.69, 9.17) is 0 Å². The molecule has 7 heteroatoms. The van der Waals surface area contributed by atoms with Crippen LogP contribution in [0.5, 0.6) is 0 Å². The third-order valence-electron chi connectivity index (χ3n) is 2.33. The van der Waals surface area contributed by atoms with Gasteiger partial charge in [-0.15, -0.1) is 11.3 Å². The summed E-state index contributed by atoms with van der Waals surface area (Å²) in [6.07, 6.45) is 1.05. The summed E-state index contributed by atoms with van der Waals surface area (Å²) in [7, 11) is 0. The molecule has 0 aliphatic heterocycles. The maximum absolute atomic E-state index is 11.7. The fraction of sp³-hybridized carbons (Fsp3) is 0.545. The number of nitro groups is 1. The predicted octanol–water partition coefficient (Wildman–Crippen LogP) is 1.69. The summed E-state index contributed by atoms with van der Waals surface area (Å²) in [4.78, 5) is 22.8. The van der Waals surface area contributed by atoms with Crippen LogP contribution < -0.4 is 10.6 Å². The van der Waals surface area contributed by atoms with Gasteiger partial charge in [-0.2, -0.15) is 0 Å². The van der Waals surface area contributed by atoms with Crippen molar-refractivity contribution in [1.82, 2.24) is 10.6 Å². The minimum atomic E-state index is -0.467. The normalized spacial score (nSPS) is 10.3. The van der Waals surface area contributed by atoms with Crippen molar-refractivity contribution in [3.63, 3.8) is 0 Å². The van der Waals surface area contributed by atoms with Gasteiger partial charge in [0.25, 0.3) is 11.6 Å². The second kappa shape index (κ2) is 7.07. The Hall–Kier alpha value is -1.47. The second-order valence-corrected chi connectivity index (χ2v) is 5.07. The number of nitrogens with one attached hydrogen (secondary N) is 2. The fourth-order valence-corrected chi connectivity index (χ4v) is 2.32. The van der Waals surface area contributed by atoms with Crippen LogP contribution in [0.15, 0.2) is 6.07 Å². The molecule has 0 atom stereocenters. The second-order valence-electron chi connectivity index (χ2n) is 3.82. The first-order chi connectivity index (χ1) is 8.56. The van der Waals surface area contributed by atoms with Crippen LogP contribution in [-0.4, -0.2) is 30.5 Å². The summed E-state index contributed by atoms with van der Waals surface area (Å²) in [6.45, 7) is 5.84. The van der Waals surface area contributed by atoms with E-state index >= 15 is 0 Å². The molecule has 1 aromatic heterocycles. The van der Waals surface area contributed by atoms with E-state index in [9.17, 15) is 14.9 Å². The van der Waals surface area contributed by atoms with Crippen LogP contribution in [0.4, 0.5) is 5.69 Å². The highest BCUT2D eigenvalue weighted by molar-refractivity contribution is 7.14. The molecule has 1 aromatic rings. The molecule has 18 heavy (non-hydrogen) atoms. The van der Waals surface area contributed by atoms with Crippen molar-refractivity contribution in [2.45, 2.75) is 20.3 Å². The van der Waals surface area contributed by atoms with Gasteiger partial charge in [0.1, 0.15) is 0 Å².